The van der Waals surface area contributed by atoms with Gasteiger partial charge in [0.2, 0.25) is 0 Å². The number of benzene rings is 1. The molecule has 21 heavy (non-hydrogen) atoms. The van der Waals surface area contributed by atoms with E-state index >= 15 is 0 Å². The second-order valence-corrected chi connectivity index (χ2v) is 6.74. The van der Waals surface area contributed by atoms with Gasteiger partial charge in [-0.05, 0) is 75.6 Å². The first-order chi connectivity index (χ1) is 9.95. The van der Waals surface area contributed by atoms with Gasteiger partial charge in [0.25, 0.3) is 5.91 Å². The van der Waals surface area contributed by atoms with Gasteiger partial charge in [0.1, 0.15) is 11.6 Å². The van der Waals surface area contributed by atoms with Crippen LogP contribution in [0.5, 0.6) is 5.75 Å². The molecule has 1 amide bonds. The highest BCUT2D eigenvalue weighted by molar-refractivity contribution is 5.85. The lowest BCUT2D eigenvalue weighted by molar-refractivity contribution is -0.135. The number of ether oxygens (including phenoxy) is 1. The van der Waals surface area contributed by atoms with E-state index in [0.29, 0.717) is 23.6 Å². The van der Waals surface area contributed by atoms with Gasteiger partial charge in [0.15, 0.2) is 5.60 Å². The predicted octanol–water partition coefficient (Wildman–Crippen LogP) is 3.29. The van der Waals surface area contributed by atoms with Crippen molar-refractivity contribution in [2.24, 2.45) is 11.8 Å². The van der Waals surface area contributed by atoms with Crippen molar-refractivity contribution < 1.29 is 13.9 Å². The van der Waals surface area contributed by atoms with E-state index in [1.54, 1.807) is 26.0 Å². The summed E-state index contributed by atoms with van der Waals surface area (Å²) in [6.07, 6.45) is 4.89. The molecule has 0 aliphatic heterocycles. The van der Waals surface area contributed by atoms with Gasteiger partial charge < -0.3 is 10.1 Å². The fourth-order valence-corrected chi connectivity index (χ4v) is 2.70. The lowest BCUT2D eigenvalue weighted by Gasteiger charge is -2.28. The zero-order valence-electron chi connectivity index (χ0n) is 12.6. The van der Waals surface area contributed by atoms with E-state index in [2.05, 4.69) is 5.32 Å². The molecular formula is C17H22FNO2. The number of carbonyl (C=O) groups is 1. The molecule has 0 heterocycles. The molecule has 114 valence electrons. The van der Waals surface area contributed by atoms with Crippen LogP contribution in [0, 0.1) is 17.7 Å². The highest BCUT2D eigenvalue weighted by atomic mass is 19.1. The molecule has 0 atom stereocenters. The lowest BCUT2D eigenvalue weighted by atomic mass is 10.0. The highest BCUT2D eigenvalue weighted by Crippen LogP contribution is 2.44. The van der Waals surface area contributed by atoms with Crippen LogP contribution in [0.1, 0.15) is 39.5 Å². The van der Waals surface area contributed by atoms with Gasteiger partial charge >= 0.3 is 0 Å². The number of halogens is 1. The van der Waals surface area contributed by atoms with Gasteiger partial charge in [-0.25, -0.2) is 4.39 Å². The van der Waals surface area contributed by atoms with Crippen molar-refractivity contribution in [3.8, 4) is 5.75 Å². The van der Waals surface area contributed by atoms with Crippen LogP contribution in [0.25, 0.3) is 0 Å². The SMILES string of the molecule is CC(C)(Oc1ccc(F)cc1)C(=O)NC(C1CC1)C1CC1. The van der Waals surface area contributed by atoms with Crippen LogP contribution in [-0.2, 0) is 4.79 Å². The highest BCUT2D eigenvalue weighted by Gasteiger charge is 2.44. The molecule has 2 saturated carbocycles. The van der Waals surface area contributed by atoms with Crippen molar-refractivity contribution in [2.75, 3.05) is 0 Å². The van der Waals surface area contributed by atoms with Crippen LogP contribution in [0.15, 0.2) is 24.3 Å². The molecule has 0 unspecified atom stereocenters. The van der Waals surface area contributed by atoms with E-state index in [4.69, 9.17) is 4.74 Å². The van der Waals surface area contributed by atoms with Crippen LogP contribution in [-0.4, -0.2) is 17.6 Å². The molecule has 4 heteroatoms. The van der Waals surface area contributed by atoms with Gasteiger partial charge in [0, 0.05) is 6.04 Å². The first-order valence-corrected chi connectivity index (χ1v) is 7.71. The monoisotopic (exact) mass is 291 g/mol. The first kappa shape index (κ1) is 14.4. The molecule has 2 aliphatic carbocycles. The summed E-state index contributed by atoms with van der Waals surface area (Å²) < 4.78 is 18.6. The van der Waals surface area contributed by atoms with Crippen molar-refractivity contribution in [3.63, 3.8) is 0 Å². The molecule has 1 aromatic carbocycles. The molecular weight excluding hydrogens is 269 g/mol. The second kappa shape index (κ2) is 5.32. The van der Waals surface area contributed by atoms with E-state index in [1.165, 1.54) is 37.8 Å². The van der Waals surface area contributed by atoms with Crippen molar-refractivity contribution in [2.45, 2.75) is 51.2 Å². The maximum absolute atomic E-state index is 12.9. The van der Waals surface area contributed by atoms with E-state index < -0.39 is 5.60 Å². The van der Waals surface area contributed by atoms with E-state index in [1.807, 2.05) is 0 Å². The summed E-state index contributed by atoms with van der Waals surface area (Å²) in [6, 6.07) is 6.07. The molecule has 2 fully saturated rings. The van der Waals surface area contributed by atoms with Gasteiger partial charge in [-0.3, -0.25) is 4.79 Å². The Hall–Kier alpha value is -1.58. The third-order valence-corrected chi connectivity index (χ3v) is 4.29. The summed E-state index contributed by atoms with van der Waals surface area (Å²) in [5.74, 6) is 1.42. The standard InChI is InChI=1S/C17H22FNO2/c1-17(2,21-14-9-7-13(18)8-10-14)16(20)19-15(11-3-4-11)12-5-6-12/h7-12,15H,3-6H2,1-2H3,(H,19,20). The fourth-order valence-electron chi connectivity index (χ4n) is 2.70. The topological polar surface area (TPSA) is 38.3 Å². The van der Waals surface area contributed by atoms with E-state index in [0.717, 1.165) is 0 Å². The molecule has 0 radical (unpaired) electrons. The molecule has 3 nitrogen and oxygen atoms in total. The minimum absolute atomic E-state index is 0.0874. The Bertz CT molecular complexity index is 506. The molecule has 0 spiro atoms. The molecule has 3 rings (SSSR count). The third-order valence-electron chi connectivity index (χ3n) is 4.29. The summed E-state index contributed by atoms with van der Waals surface area (Å²) in [5.41, 5.74) is -0.958. The van der Waals surface area contributed by atoms with Crippen molar-refractivity contribution in [1.82, 2.24) is 5.32 Å². The van der Waals surface area contributed by atoms with Gasteiger partial charge in [-0.1, -0.05) is 0 Å². The third kappa shape index (κ3) is 3.55. The number of carbonyl (C=O) groups excluding carboxylic acids is 1. The van der Waals surface area contributed by atoms with Crippen LogP contribution >= 0.6 is 0 Å². The normalized spacial score (nSPS) is 18.7. The van der Waals surface area contributed by atoms with Crippen molar-refractivity contribution in [1.29, 1.82) is 0 Å². The minimum atomic E-state index is -0.958. The second-order valence-electron chi connectivity index (χ2n) is 6.74. The van der Waals surface area contributed by atoms with Gasteiger partial charge in [0.05, 0.1) is 0 Å². The maximum Gasteiger partial charge on any atom is 0.263 e. The Morgan fingerprint density at radius 1 is 1.19 bits per heavy atom. The van der Waals surface area contributed by atoms with Gasteiger partial charge in [-0.15, -0.1) is 0 Å². The van der Waals surface area contributed by atoms with Crippen molar-refractivity contribution >= 4 is 5.91 Å². The summed E-state index contributed by atoms with van der Waals surface area (Å²) in [4.78, 5) is 12.5. The Balaban J connectivity index is 1.62. The minimum Gasteiger partial charge on any atom is -0.478 e. The van der Waals surface area contributed by atoms with E-state index in [-0.39, 0.29) is 11.7 Å². The van der Waals surface area contributed by atoms with Crippen molar-refractivity contribution in [3.05, 3.63) is 30.1 Å². The average molecular weight is 291 g/mol. The zero-order chi connectivity index (χ0) is 15.0. The van der Waals surface area contributed by atoms with Gasteiger partial charge in [-0.2, -0.15) is 0 Å². The number of amides is 1. The molecule has 0 bridgehead atoms. The lowest BCUT2D eigenvalue weighted by Crippen LogP contribution is -2.51. The van der Waals surface area contributed by atoms with Crippen LogP contribution < -0.4 is 10.1 Å². The Morgan fingerprint density at radius 3 is 2.19 bits per heavy atom. The molecule has 1 aromatic rings. The molecule has 2 aliphatic rings. The predicted molar refractivity (Wildman–Crippen MR) is 78.5 cm³/mol. The quantitative estimate of drug-likeness (QED) is 0.873. The number of hydrogen-bond donors (Lipinski definition) is 1. The Morgan fingerprint density at radius 2 is 1.71 bits per heavy atom. The summed E-state index contributed by atoms with van der Waals surface area (Å²) in [6.45, 7) is 3.51. The molecule has 0 saturated heterocycles. The molecule has 1 N–H and O–H groups in total. The molecule has 0 aromatic heterocycles. The first-order valence-electron chi connectivity index (χ1n) is 7.71. The summed E-state index contributed by atoms with van der Waals surface area (Å²) in [5, 5.41) is 3.17. The fraction of sp³-hybridized carbons (Fsp3) is 0.588. The summed E-state index contributed by atoms with van der Waals surface area (Å²) in [7, 11) is 0. The summed E-state index contributed by atoms with van der Waals surface area (Å²) >= 11 is 0. The van der Waals surface area contributed by atoms with E-state index in [9.17, 15) is 9.18 Å². The maximum atomic E-state index is 12.9. The van der Waals surface area contributed by atoms with Crippen LogP contribution in [0.4, 0.5) is 4.39 Å². The number of hydrogen-bond acceptors (Lipinski definition) is 2. The number of rotatable bonds is 6. The van der Waals surface area contributed by atoms with Crippen LogP contribution in [0.2, 0.25) is 0 Å². The zero-order valence-corrected chi connectivity index (χ0v) is 12.6. The number of nitrogens with one attached hydrogen (secondary N) is 1. The average Bonchev–Trinajstić information content (AvgIpc) is 3.30. The van der Waals surface area contributed by atoms with Crippen LogP contribution in [0.3, 0.4) is 0 Å². The largest absolute Gasteiger partial charge is 0.478 e. The smallest absolute Gasteiger partial charge is 0.263 e. The Kier molecular flexibility index (Phi) is 3.64. The Labute approximate surface area is 124 Å².